The third-order valence-electron chi connectivity index (χ3n) is 3.39. The topological polar surface area (TPSA) is 46.5 Å². The normalized spacial score (nSPS) is 22.9. The molecule has 1 unspecified atom stereocenters. The molecule has 0 radical (unpaired) electrons. The summed E-state index contributed by atoms with van der Waals surface area (Å²) in [6, 6.07) is 5.95. The van der Waals surface area contributed by atoms with Gasteiger partial charge in [0.15, 0.2) is 5.60 Å². The molecular formula is C13H13F3O3. The summed E-state index contributed by atoms with van der Waals surface area (Å²) in [6.07, 6.45) is -4.45. The van der Waals surface area contributed by atoms with E-state index in [1.54, 1.807) is 6.07 Å². The van der Waals surface area contributed by atoms with Crippen molar-refractivity contribution < 1.29 is 27.8 Å². The Kier molecular flexibility index (Phi) is 3.54. The van der Waals surface area contributed by atoms with Crippen LogP contribution in [0.5, 0.6) is 0 Å². The molecule has 1 aromatic rings. The average Bonchev–Trinajstić information content (AvgIpc) is 2.26. The van der Waals surface area contributed by atoms with Crippen molar-refractivity contribution in [2.75, 3.05) is 6.61 Å². The van der Waals surface area contributed by atoms with Crippen LogP contribution in [0.25, 0.3) is 0 Å². The van der Waals surface area contributed by atoms with E-state index in [-0.39, 0.29) is 31.4 Å². The van der Waals surface area contributed by atoms with Crippen molar-refractivity contribution in [3.05, 3.63) is 35.4 Å². The highest BCUT2D eigenvalue weighted by Gasteiger charge is 2.59. The van der Waals surface area contributed by atoms with E-state index < -0.39 is 17.7 Å². The number of carbonyl (C=O) groups is 1. The summed E-state index contributed by atoms with van der Waals surface area (Å²) in [5.74, 6) is -1.09. The fourth-order valence-electron chi connectivity index (χ4n) is 2.12. The van der Waals surface area contributed by atoms with Crippen molar-refractivity contribution in [3.8, 4) is 0 Å². The predicted molar refractivity (Wildman–Crippen MR) is 61.1 cm³/mol. The van der Waals surface area contributed by atoms with E-state index in [1.165, 1.54) is 18.2 Å². The first-order chi connectivity index (χ1) is 8.84. The lowest BCUT2D eigenvalue weighted by atomic mass is 9.87. The van der Waals surface area contributed by atoms with Crippen molar-refractivity contribution in [1.82, 2.24) is 0 Å². The average molecular weight is 274 g/mol. The number of carboxylic acids is 1. The Morgan fingerprint density at radius 3 is 2.58 bits per heavy atom. The number of hydrogen-bond donors (Lipinski definition) is 1. The number of aromatic carboxylic acids is 1. The fraction of sp³-hybridized carbons (Fsp3) is 0.462. The first-order valence-corrected chi connectivity index (χ1v) is 5.87. The molecule has 3 nitrogen and oxygen atoms in total. The minimum absolute atomic E-state index is 0.0326. The number of aryl methyl sites for hydroxylation is 1. The maximum absolute atomic E-state index is 12.8. The van der Waals surface area contributed by atoms with Gasteiger partial charge in [0.05, 0.1) is 12.2 Å². The van der Waals surface area contributed by atoms with Crippen LogP contribution in [0.3, 0.4) is 0 Å². The highest BCUT2D eigenvalue weighted by atomic mass is 19.4. The van der Waals surface area contributed by atoms with E-state index in [4.69, 9.17) is 9.84 Å². The minimum Gasteiger partial charge on any atom is -0.478 e. The Balaban J connectivity index is 2.06. The van der Waals surface area contributed by atoms with Crippen molar-refractivity contribution in [1.29, 1.82) is 0 Å². The van der Waals surface area contributed by atoms with Crippen LogP contribution in [-0.2, 0) is 11.2 Å². The molecule has 104 valence electrons. The lowest BCUT2D eigenvalue weighted by Crippen LogP contribution is -2.55. The van der Waals surface area contributed by atoms with Gasteiger partial charge in [-0.3, -0.25) is 0 Å². The van der Waals surface area contributed by atoms with Crippen LogP contribution in [0.15, 0.2) is 24.3 Å². The molecule has 1 fully saturated rings. The molecule has 0 saturated carbocycles. The van der Waals surface area contributed by atoms with E-state index in [0.717, 1.165) is 0 Å². The van der Waals surface area contributed by atoms with Gasteiger partial charge in [0.25, 0.3) is 0 Å². The molecule has 6 heteroatoms. The van der Waals surface area contributed by atoms with Crippen molar-refractivity contribution in [3.63, 3.8) is 0 Å². The molecule has 1 aliphatic heterocycles. The Hall–Kier alpha value is -1.56. The third-order valence-corrected chi connectivity index (χ3v) is 3.39. The van der Waals surface area contributed by atoms with Gasteiger partial charge in [0.1, 0.15) is 0 Å². The molecule has 0 spiro atoms. The third kappa shape index (κ3) is 2.73. The highest BCUT2D eigenvalue weighted by Crippen LogP contribution is 2.45. The Morgan fingerprint density at radius 1 is 1.42 bits per heavy atom. The van der Waals surface area contributed by atoms with Crippen molar-refractivity contribution >= 4 is 5.97 Å². The molecule has 1 aliphatic rings. The smallest absolute Gasteiger partial charge is 0.417 e. The minimum atomic E-state index is -4.38. The molecule has 1 aromatic carbocycles. The second-order valence-corrected chi connectivity index (χ2v) is 4.60. The summed E-state index contributed by atoms with van der Waals surface area (Å²) >= 11 is 0. The number of alkyl halides is 3. The van der Waals surface area contributed by atoms with E-state index in [1.807, 2.05) is 0 Å². The van der Waals surface area contributed by atoms with Crippen LogP contribution >= 0.6 is 0 Å². The number of ether oxygens (including phenoxy) is 1. The predicted octanol–water partition coefficient (Wildman–Crippen LogP) is 3.04. The molecule has 0 amide bonds. The molecule has 1 atom stereocenters. The van der Waals surface area contributed by atoms with Crippen LogP contribution in [0, 0.1) is 0 Å². The highest BCUT2D eigenvalue weighted by molar-refractivity contribution is 5.87. The fourth-order valence-corrected chi connectivity index (χ4v) is 2.12. The Bertz CT molecular complexity index is 478. The number of carboxylic acid groups (broad SMARTS) is 1. The van der Waals surface area contributed by atoms with Crippen LogP contribution in [0.4, 0.5) is 13.2 Å². The van der Waals surface area contributed by atoms with E-state index in [2.05, 4.69) is 0 Å². The van der Waals surface area contributed by atoms with Gasteiger partial charge in [-0.2, -0.15) is 13.2 Å². The summed E-state index contributed by atoms with van der Waals surface area (Å²) in [5, 5.41) is 8.82. The second kappa shape index (κ2) is 4.85. The van der Waals surface area contributed by atoms with E-state index in [0.29, 0.717) is 5.56 Å². The second-order valence-electron chi connectivity index (χ2n) is 4.60. The molecule has 1 heterocycles. The summed E-state index contributed by atoms with van der Waals surface area (Å²) in [4.78, 5) is 10.8. The van der Waals surface area contributed by atoms with Crippen molar-refractivity contribution in [2.24, 2.45) is 0 Å². The van der Waals surface area contributed by atoms with Crippen molar-refractivity contribution in [2.45, 2.75) is 31.0 Å². The lowest BCUT2D eigenvalue weighted by Gasteiger charge is -2.43. The number of halogens is 3. The molecule has 2 rings (SSSR count). The quantitative estimate of drug-likeness (QED) is 0.918. The number of rotatable bonds is 4. The zero-order chi connectivity index (χ0) is 14.1. The molecule has 0 bridgehead atoms. The molecule has 0 aliphatic carbocycles. The first kappa shape index (κ1) is 13.9. The van der Waals surface area contributed by atoms with Gasteiger partial charge in [-0.15, -0.1) is 0 Å². The van der Waals surface area contributed by atoms with E-state index >= 15 is 0 Å². The van der Waals surface area contributed by atoms with Gasteiger partial charge in [-0.25, -0.2) is 4.79 Å². The molecule has 1 saturated heterocycles. The van der Waals surface area contributed by atoms with E-state index in [9.17, 15) is 18.0 Å². The molecule has 0 aromatic heterocycles. The largest absolute Gasteiger partial charge is 0.478 e. The number of hydrogen-bond acceptors (Lipinski definition) is 2. The summed E-state index contributed by atoms with van der Waals surface area (Å²) in [6.45, 7) is 0.120. The van der Waals surface area contributed by atoms with Gasteiger partial charge in [-0.1, -0.05) is 12.1 Å². The maximum Gasteiger partial charge on any atom is 0.417 e. The molecular weight excluding hydrogens is 261 g/mol. The SMILES string of the molecule is O=C(O)c1cccc(CCC2(C(F)(F)F)CCO2)c1. The van der Waals surface area contributed by atoms with Crippen LogP contribution < -0.4 is 0 Å². The monoisotopic (exact) mass is 274 g/mol. The standard InChI is InChI=1S/C13H13F3O3/c14-13(15,16)12(6-7-19-12)5-4-9-2-1-3-10(8-9)11(17)18/h1-3,8H,4-7H2,(H,17,18). The summed E-state index contributed by atoms with van der Waals surface area (Å²) in [7, 11) is 0. The van der Waals surface area contributed by atoms with Gasteiger partial charge < -0.3 is 9.84 Å². The zero-order valence-corrected chi connectivity index (χ0v) is 10.0. The van der Waals surface area contributed by atoms with Gasteiger partial charge in [0, 0.05) is 6.42 Å². The van der Waals surface area contributed by atoms with Crippen LogP contribution in [0.1, 0.15) is 28.8 Å². The van der Waals surface area contributed by atoms with Gasteiger partial charge in [0.2, 0.25) is 0 Å². The maximum atomic E-state index is 12.8. The van der Waals surface area contributed by atoms with Crippen LogP contribution in [0.2, 0.25) is 0 Å². The Morgan fingerprint density at radius 2 is 2.11 bits per heavy atom. The van der Waals surface area contributed by atoms with Gasteiger partial charge >= 0.3 is 12.1 Å². The Labute approximate surface area is 108 Å². The number of benzene rings is 1. The van der Waals surface area contributed by atoms with Crippen LogP contribution in [-0.4, -0.2) is 29.5 Å². The molecule has 1 N–H and O–H groups in total. The summed E-state index contributed by atoms with van der Waals surface area (Å²) < 4.78 is 43.3. The molecule has 19 heavy (non-hydrogen) atoms. The van der Waals surface area contributed by atoms with Gasteiger partial charge in [-0.05, 0) is 30.5 Å². The summed E-state index contributed by atoms with van der Waals surface area (Å²) in [5.41, 5.74) is -1.40. The lowest BCUT2D eigenvalue weighted by molar-refractivity contribution is -0.327. The first-order valence-electron chi connectivity index (χ1n) is 5.87. The zero-order valence-electron chi connectivity index (χ0n) is 10.0.